The Morgan fingerprint density at radius 1 is 1.42 bits per heavy atom. The number of benzene rings is 1. The van der Waals surface area contributed by atoms with Gasteiger partial charge in [-0.3, -0.25) is 4.79 Å². The van der Waals surface area contributed by atoms with E-state index >= 15 is 0 Å². The first kappa shape index (κ1) is 15.5. The lowest BCUT2D eigenvalue weighted by Crippen LogP contribution is -2.51. The fourth-order valence-corrected chi connectivity index (χ4v) is 2.51. The molecule has 104 valence electrons. The van der Waals surface area contributed by atoms with Gasteiger partial charge in [0.1, 0.15) is 5.54 Å². The number of likely N-dealkylation sites (N-methyl/N-ethyl adjacent to an activating group) is 1. The Bertz CT molecular complexity index is 515. The molecule has 0 unspecified atom stereocenters. The summed E-state index contributed by atoms with van der Waals surface area (Å²) in [6, 6.07) is 5.14. The van der Waals surface area contributed by atoms with E-state index in [0.717, 1.165) is 0 Å². The second-order valence-electron chi connectivity index (χ2n) is 4.61. The Hall–Kier alpha value is -1.56. The van der Waals surface area contributed by atoms with Crippen LogP contribution in [0.4, 0.5) is 5.69 Å². The summed E-state index contributed by atoms with van der Waals surface area (Å²) in [5, 5.41) is 9.33. The molecule has 1 rings (SSSR count). The molecule has 1 aromatic rings. The summed E-state index contributed by atoms with van der Waals surface area (Å²) in [6.45, 7) is 5.45. The lowest BCUT2D eigenvalue weighted by molar-refractivity contribution is -0.142. The first-order chi connectivity index (χ1) is 8.73. The quantitative estimate of drug-likeness (QED) is 0.868. The molecule has 0 bridgehead atoms. The Labute approximate surface area is 120 Å². The van der Waals surface area contributed by atoms with Crippen molar-refractivity contribution < 1.29 is 14.7 Å². The molecule has 0 fully saturated rings. The Kier molecular flexibility index (Phi) is 4.57. The van der Waals surface area contributed by atoms with Gasteiger partial charge in [-0.25, -0.2) is 4.79 Å². The molecule has 6 heteroatoms. The van der Waals surface area contributed by atoms with Crippen LogP contribution in [0.25, 0.3) is 0 Å². The summed E-state index contributed by atoms with van der Waals surface area (Å²) >= 11 is 3.27. The zero-order valence-electron chi connectivity index (χ0n) is 11.1. The van der Waals surface area contributed by atoms with E-state index in [9.17, 15) is 14.7 Å². The lowest BCUT2D eigenvalue weighted by atomic mass is 10.00. The molecular formula is C13H17BrN2O3. The highest BCUT2D eigenvalue weighted by atomic mass is 79.9. The molecule has 0 saturated heterocycles. The van der Waals surface area contributed by atoms with Gasteiger partial charge in [0.15, 0.2) is 0 Å². The van der Waals surface area contributed by atoms with Gasteiger partial charge < -0.3 is 15.7 Å². The SMILES string of the molecule is CCN(c1cccc(Br)c1C(N)=O)C(C)(C)C(=O)O. The van der Waals surface area contributed by atoms with Crippen molar-refractivity contribution in [3.8, 4) is 0 Å². The number of anilines is 1. The minimum Gasteiger partial charge on any atom is -0.480 e. The van der Waals surface area contributed by atoms with Gasteiger partial charge in [0.25, 0.3) is 5.91 Å². The monoisotopic (exact) mass is 328 g/mol. The molecule has 0 aliphatic rings. The highest BCUT2D eigenvalue weighted by Gasteiger charge is 2.35. The number of carboxylic acid groups (broad SMARTS) is 1. The molecule has 0 atom stereocenters. The molecule has 3 N–H and O–H groups in total. The van der Waals surface area contributed by atoms with E-state index in [1.807, 2.05) is 6.92 Å². The number of hydrogen-bond donors (Lipinski definition) is 2. The second kappa shape index (κ2) is 5.61. The number of nitrogens with zero attached hydrogens (tertiary/aromatic N) is 1. The zero-order chi connectivity index (χ0) is 14.8. The molecule has 0 aliphatic carbocycles. The predicted molar refractivity (Wildman–Crippen MR) is 77.4 cm³/mol. The standard InChI is InChI=1S/C13H17BrN2O3/c1-4-16(13(2,3)12(18)19)9-7-5-6-8(14)10(9)11(15)17/h5-7H,4H2,1-3H3,(H2,15,17)(H,18,19). The van der Waals surface area contributed by atoms with E-state index in [-0.39, 0.29) is 0 Å². The highest BCUT2D eigenvalue weighted by Crippen LogP contribution is 2.32. The van der Waals surface area contributed by atoms with Gasteiger partial charge >= 0.3 is 5.97 Å². The van der Waals surface area contributed by atoms with Crippen molar-refractivity contribution >= 4 is 33.5 Å². The summed E-state index contributed by atoms with van der Waals surface area (Å²) in [7, 11) is 0. The number of carbonyl (C=O) groups excluding carboxylic acids is 1. The number of carbonyl (C=O) groups is 2. The summed E-state index contributed by atoms with van der Waals surface area (Å²) in [5.74, 6) is -1.56. The summed E-state index contributed by atoms with van der Waals surface area (Å²) in [4.78, 5) is 24.6. The van der Waals surface area contributed by atoms with Gasteiger partial charge in [-0.1, -0.05) is 6.07 Å². The van der Waals surface area contributed by atoms with Gasteiger partial charge in [0, 0.05) is 11.0 Å². The molecule has 1 aromatic carbocycles. The van der Waals surface area contributed by atoms with Gasteiger partial charge in [0.05, 0.1) is 11.3 Å². The average molecular weight is 329 g/mol. The zero-order valence-corrected chi connectivity index (χ0v) is 12.7. The molecule has 0 radical (unpaired) electrons. The van der Waals surface area contributed by atoms with E-state index in [4.69, 9.17) is 5.73 Å². The Balaban J connectivity index is 3.47. The van der Waals surface area contributed by atoms with E-state index in [1.165, 1.54) is 0 Å². The maximum atomic E-state index is 11.6. The fourth-order valence-electron chi connectivity index (χ4n) is 1.96. The maximum Gasteiger partial charge on any atom is 0.328 e. The highest BCUT2D eigenvalue weighted by molar-refractivity contribution is 9.10. The number of aliphatic carboxylic acids is 1. The van der Waals surface area contributed by atoms with Crippen LogP contribution in [0.2, 0.25) is 0 Å². The van der Waals surface area contributed by atoms with Crippen LogP contribution in [0.1, 0.15) is 31.1 Å². The number of halogens is 1. The normalized spacial score (nSPS) is 11.2. The minimum atomic E-state index is -1.14. The van der Waals surface area contributed by atoms with Crippen molar-refractivity contribution in [3.05, 3.63) is 28.2 Å². The first-order valence-electron chi connectivity index (χ1n) is 5.82. The van der Waals surface area contributed by atoms with Crippen LogP contribution in [-0.2, 0) is 4.79 Å². The molecule has 0 saturated carbocycles. The van der Waals surface area contributed by atoms with Gasteiger partial charge in [-0.05, 0) is 48.8 Å². The van der Waals surface area contributed by atoms with Gasteiger partial charge in [0.2, 0.25) is 0 Å². The number of hydrogen-bond acceptors (Lipinski definition) is 3. The molecule has 0 aliphatic heterocycles. The second-order valence-corrected chi connectivity index (χ2v) is 5.46. The summed E-state index contributed by atoms with van der Waals surface area (Å²) < 4.78 is 0.553. The van der Waals surface area contributed by atoms with E-state index in [1.54, 1.807) is 36.9 Å². The van der Waals surface area contributed by atoms with Crippen LogP contribution < -0.4 is 10.6 Å². The third-order valence-electron chi connectivity index (χ3n) is 3.04. The summed E-state index contributed by atoms with van der Waals surface area (Å²) in [5.41, 5.74) is 5.05. The number of primary amides is 1. The minimum absolute atomic E-state index is 0.290. The number of rotatable bonds is 5. The van der Waals surface area contributed by atoms with Crippen molar-refractivity contribution in [2.75, 3.05) is 11.4 Å². The van der Waals surface area contributed by atoms with E-state index in [2.05, 4.69) is 15.9 Å². The van der Waals surface area contributed by atoms with Gasteiger partial charge in [-0.15, -0.1) is 0 Å². The molecular weight excluding hydrogens is 312 g/mol. The smallest absolute Gasteiger partial charge is 0.328 e. The van der Waals surface area contributed by atoms with Crippen molar-refractivity contribution in [1.82, 2.24) is 0 Å². The molecule has 0 aromatic heterocycles. The Morgan fingerprint density at radius 3 is 2.42 bits per heavy atom. The molecule has 0 spiro atoms. The van der Waals surface area contributed by atoms with Crippen LogP contribution in [-0.4, -0.2) is 29.1 Å². The van der Waals surface area contributed by atoms with E-state index < -0.39 is 17.4 Å². The summed E-state index contributed by atoms with van der Waals surface area (Å²) in [6.07, 6.45) is 0. The fraction of sp³-hybridized carbons (Fsp3) is 0.385. The predicted octanol–water partition coefficient (Wildman–Crippen LogP) is 2.24. The Morgan fingerprint density at radius 2 is 2.00 bits per heavy atom. The number of amides is 1. The molecule has 19 heavy (non-hydrogen) atoms. The molecule has 0 heterocycles. The average Bonchev–Trinajstić information content (AvgIpc) is 2.28. The van der Waals surface area contributed by atoms with Crippen LogP contribution in [0.3, 0.4) is 0 Å². The van der Waals surface area contributed by atoms with E-state index in [0.29, 0.717) is 22.3 Å². The largest absolute Gasteiger partial charge is 0.480 e. The van der Waals surface area contributed by atoms with Crippen molar-refractivity contribution in [3.63, 3.8) is 0 Å². The van der Waals surface area contributed by atoms with Crippen molar-refractivity contribution in [2.45, 2.75) is 26.3 Å². The molecule has 5 nitrogen and oxygen atoms in total. The first-order valence-corrected chi connectivity index (χ1v) is 6.62. The lowest BCUT2D eigenvalue weighted by Gasteiger charge is -2.37. The van der Waals surface area contributed by atoms with Crippen molar-refractivity contribution in [2.24, 2.45) is 5.73 Å². The third-order valence-corrected chi connectivity index (χ3v) is 3.70. The topological polar surface area (TPSA) is 83.6 Å². The van der Waals surface area contributed by atoms with Gasteiger partial charge in [-0.2, -0.15) is 0 Å². The maximum absolute atomic E-state index is 11.6. The van der Waals surface area contributed by atoms with Crippen molar-refractivity contribution in [1.29, 1.82) is 0 Å². The van der Waals surface area contributed by atoms with Crippen LogP contribution in [0.5, 0.6) is 0 Å². The van der Waals surface area contributed by atoms with Crippen LogP contribution in [0, 0.1) is 0 Å². The van der Waals surface area contributed by atoms with Crippen LogP contribution >= 0.6 is 15.9 Å². The molecule has 1 amide bonds. The number of nitrogens with two attached hydrogens (primary N) is 1. The number of carboxylic acids is 1. The third kappa shape index (κ3) is 2.89. The van der Waals surface area contributed by atoms with Crippen LogP contribution in [0.15, 0.2) is 22.7 Å².